The molecular weight excluding hydrogens is 248 g/mol. The minimum atomic E-state index is 0.849. The Balaban J connectivity index is 1.88. The molecule has 0 bridgehead atoms. The van der Waals surface area contributed by atoms with Gasteiger partial charge >= 0.3 is 0 Å². The molecule has 0 atom stereocenters. The van der Waals surface area contributed by atoms with Crippen molar-refractivity contribution < 1.29 is 0 Å². The van der Waals surface area contributed by atoms with Gasteiger partial charge in [-0.25, -0.2) is 0 Å². The van der Waals surface area contributed by atoms with Crippen molar-refractivity contribution >= 4 is 23.4 Å². The third-order valence-corrected chi connectivity index (χ3v) is 4.12. The van der Waals surface area contributed by atoms with Crippen molar-refractivity contribution in [2.45, 2.75) is 18.2 Å². The van der Waals surface area contributed by atoms with E-state index in [1.807, 2.05) is 30.0 Å². The van der Waals surface area contributed by atoms with Gasteiger partial charge in [-0.2, -0.15) is 0 Å². The van der Waals surface area contributed by atoms with Gasteiger partial charge in [-0.3, -0.25) is 0 Å². The first kappa shape index (κ1) is 12.5. The first-order chi connectivity index (χ1) is 8.25. The van der Waals surface area contributed by atoms with Gasteiger partial charge in [-0.1, -0.05) is 53.6 Å². The van der Waals surface area contributed by atoms with E-state index in [4.69, 9.17) is 11.6 Å². The molecule has 2 aromatic rings. The quantitative estimate of drug-likeness (QED) is 0.700. The summed E-state index contributed by atoms with van der Waals surface area (Å²) in [5.41, 5.74) is 2.70. The monoisotopic (exact) mass is 262 g/mol. The topological polar surface area (TPSA) is 0 Å². The van der Waals surface area contributed by atoms with Crippen molar-refractivity contribution in [2.75, 3.05) is 5.75 Å². The van der Waals surface area contributed by atoms with Crippen LogP contribution in [0.4, 0.5) is 0 Å². The zero-order valence-corrected chi connectivity index (χ0v) is 11.4. The van der Waals surface area contributed by atoms with Crippen LogP contribution in [0.2, 0.25) is 5.02 Å². The zero-order chi connectivity index (χ0) is 12.1. The van der Waals surface area contributed by atoms with E-state index in [-0.39, 0.29) is 0 Å². The van der Waals surface area contributed by atoms with Gasteiger partial charge in [0.15, 0.2) is 0 Å². The Hall–Kier alpha value is -0.920. The summed E-state index contributed by atoms with van der Waals surface area (Å²) in [6.45, 7) is 2.11. The van der Waals surface area contributed by atoms with Crippen LogP contribution in [-0.2, 0) is 6.42 Å². The van der Waals surface area contributed by atoms with Gasteiger partial charge in [0.2, 0.25) is 0 Å². The fourth-order valence-electron chi connectivity index (χ4n) is 1.60. The number of hydrogen-bond donors (Lipinski definition) is 0. The van der Waals surface area contributed by atoms with Gasteiger partial charge < -0.3 is 0 Å². The second-order valence-corrected chi connectivity index (χ2v) is 5.56. The van der Waals surface area contributed by atoms with Gasteiger partial charge in [0.25, 0.3) is 0 Å². The van der Waals surface area contributed by atoms with Gasteiger partial charge in [0.05, 0.1) is 5.02 Å². The molecule has 0 aliphatic carbocycles. The number of benzene rings is 2. The lowest BCUT2D eigenvalue weighted by atomic mass is 10.1. The Kier molecular flexibility index (Phi) is 4.52. The summed E-state index contributed by atoms with van der Waals surface area (Å²) in [6.07, 6.45) is 1.08. The summed E-state index contributed by atoms with van der Waals surface area (Å²) in [7, 11) is 0. The van der Waals surface area contributed by atoms with Gasteiger partial charge in [-0.15, -0.1) is 11.8 Å². The number of hydrogen-bond acceptors (Lipinski definition) is 1. The molecule has 0 heterocycles. The molecule has 0 aliphatic rings. The Bertz CT molecular complexity index is 477. The molecule has 0 radical (unpaired) electrons. The molecule has 0 spiro atoms. The first-order valence-electron chi connectivity index (χ1n) is 5.68. The molecular formula is C15H15ClS. The van der Waals surface area contributed by atoms with Gasteiger partial charge in [0, 0.05) is 10.6 Å². The minimum absolute atomic E-state index is 0.849. The summed E-state index contributed by atoms with van der Waals surface area (Å²) < 4.78 is 0. The highest BCUT2D eigenvalue weighted by molar-refractivity contribution is 7.99. The summed E-state index contributed by atoms with van der Waals surface area (Å²) in [4.78, 5) is 1.17. The molecule has 2 aromatic carbocycles. The minimum Gasteiger partial charge on any atom is -0.124 e. The van der Waals surface area contributed by atoms with Crippen LogP contribution in [0.1, 0.15) is 11.1 Å². The lowest BCUT2D eigenvalue weighted by Crippen LogP contribution is -1.88. The maximum atomic E-state index is 6.11. The molecule has 0 saturated heterocycles. The fraction of sp³-hybridized carbons (Fsp3) is 0.200. The van der Waals surface area contributed by atoms with E-state index in [0.29, 0.717) is 0 Å². The normalized spacial score (nSPS) is 10.5. The van der Waals surface area contributed by atoms with Crippen molar-refractivity contribution in [3.63, 3.8) is 0 Å². The number of rotatable bonds is 4. The second kappa shape index (κ2) is 6.13. The zero-order valence-electron chi connectivity index (χ0n) is 9.82. The molecule has 0 N–H and O–H groups in total. The van der Waals surface area contributed by atoms with Crippen LogP contribution < -0.4 is 0 Å². The molecule has 0 aliphatic heterocycles. The lowest BCUT2D eigenvalue weighted by Gasteiger charge is -2.04. The summed E-state index contributed by atoms with van der Waals surface area (Å²) in [6, 6.07) is 16.7. The van der Waals surface area contributed by atoms with Crippen LogP contribution in [0.25, 0.3) is 0 Å². The molecule has 17 heavy (non-hydrogen) atoms. The van der Waals surface area contributed by atoms with Crippen LogP contribution >= 0.6 is 23.4 Å². The predicted octanol–water partition coefficient (Wildman–Crippen LogP) is 4.98. The lowest BCUT2D eigenvalue weighted by molar-refractivity contribution is 1.15. The van der Waals surface area contributed by atoms with Crippen molar-refractivity contribution in [3.8, 4) is 0 Å². The third kappa shape index (κ3) is 3.79. The number of halogens is 1. The SMILES string of the molecule is Cc1ccc(CCSc2ccccc2Cl)cc1. The Morgan fingerprint density at radius 1 is 1.00 bits per heavy atom. The van der Waals surface area contributed by atoms with E-state index in [1.165, 1.54) is 16.0 Å². The molecule has 88 valence electrons. The van der Waals surface area contributed by atoms with Gasteiger partial charge in [0.1, 0.15) is 0 Å². The average Bonchev–Trinajstić information content (AvgIpc) is 2.34. The molecule has 0 unspecified atom stereocenters. The maximum Gasteiger partial charge on any atom is 0.0541 e. The fourth-order valence-corrected chi connectivity index (χ4v) is 2.83. The highest BCUT2D eigenvalue weighted by Crippen LogP contribution is 2.27. The summed E-state index contributed by atoms with van der Waals surface area (Å²) >= 11 is 7.92. The van der Waals surface area contributed by atoms with Crippen molar-refractivity contribution in [3.05, 3.63) is 64.7 Å². The van der Waals surface area contributed by atoms with E-state index < -0.39 is 0 Å². The summed E-state index contributed by atoms with van der Waals surface area (Å²) in [5, 5.41) is 0.849. The van der Waals surface area contributed by atoms with Crippen LogP contribution in [-0.4, -0.2) is 5.75 Å². The Morgan fingerprint density at radius 2 is 1.71 bits per heavy atom. The first-order valence-corrected chi connectivity index (χ1v) is 7.05. The molecule has 0 nitrogen and oxygen atoms in total. The Labute approximate surface area is 112 Å². The smallest absolute Gasteiger partial charge is 0.0541 e. The van der Waals surface area contributed by atoms with Crippen molar-refractivity contribution in [1.82, 2.24) is 0 Å². The molecule has 0 aromatic heterocycles. The summed E-state index contributed by atoms with van der Waals surface area (Å²) in [5.74, 6) is 1.06. The van der Waals surface area contributed by atoms with Crippen LogP contribution in [0.5, 0.6) is 0 Å². The standard InChI is InChI=1S/C15H15ClS/c1-12-6-8-13(9-7-12)10-11-17-15-5-3-2-4-14(15)16/h2-9H,10-11H2,1H3. The second-order valence-electron chi connectivity index (χ2n) is 4.01. The molecule has 0 amide bonds. The molecule has 0 saturated carbocycles. The number of aryl methyl sites for hydroxylation is 2. The van der Waals surface area contributed by atoms with Crippen LogP contribution in [0.15, 0.2) is 53.4 Å². The average molecular weight is 263 g/mol. The molecule has 0 fully saturated rings. The van der Waals surface area contributed by atoms with E-state index >= 15 is 0 Å². The van der Waals surface area contributed by atoms with Crippen molar-refractivity contribution in [1.29, 1.82) is 0 Å². The highest BCUT2D eigenvalue weighted by Gasteiger charge is 1.99. The Morgan fingerprint density at radius 3 is 2.41 bits per heavy atom. The van der Waals surface area contributed by atoms with Crippen LogP contribution in [0, 0.1) is 6.92 Å². The van der Waals surface area contributed by atoms with Crippen molar-refractivity contribution in [2.24, 2.45) is 0 Å². The van der Waals surface area contributed by atoms with E-state index in [9.17, 15) is 0 Å². The van der Waals surface area contributed by atoms with E-state index in [1.54, 1.807) is 0 Å². The largest absolute Gasteiger partial charge is 0.124 e. The van der Waals surface area contributed by atoms with Gasteiger partial charge in [-0.05, 0) is 31.0 Å². The van der Waals surface area contributed by atoms with E-state index in [0.717, 1.165) is 17.2 Å². The molecule has 2 heteroatoms. The van der Waals surface area contributed by atoms with E-state index in [2.05, 4.69) is 37.3 Å². The third-order valence-electron chi connectivity index (χ3n) is 2.61. The predicted molar refractivity (Wildman–Crippen MR) is 77.1 cm³/mol. The van der Waals surface area contributed by atoms with Crippen LogP contribution in [0.3, 0.4) is 0 Å². The highest BCUT2D eigenvalue weighted by atomic mass is 35.5. The number of thioether (sulfide) groups is 1. The maximum absolute atomic E-state index is 6.11. The molecule has 2 rings (SSSR count).